The summed E-state index contributed by atoms with van der Waals surface area (Å²) in [6.07, 6.45) is 0.980. The molecule has 0 aliphatic heterocycles. The molecule has 1 aromatic carbocycles. The van der Waals surface area contributed by atoms with E-state index in [-0.39, 0.29) is 0 Å². The Hall–Kier alpha value is 0.0169. The SMILES string of the molecule is [Si]CCc1ccc(Cl)c(Cl)c1. The van der Waals surface area contributed by atoms with Crippen molar-refractivity contribution in [2.24, 2.45) is 0 Å². The molecule has 0 N–H and O–H groups in total. The molecular weight excluding hydrogens is 195 g/mol. The van der Waals surface area contributed by atoms with Gasteiger partial charge in [0.1, 0.15) is 0 Å². The van der Waals surface area contributed by atoms with Crippen LogP contribution in [-0.4, -0.2) is 10.2 Å². The zero-order valence-corrected chi connectivity index (χ0v) is 8.41. The third-order valence-electron chi connectivity index (χ3n) is 1.40. The molecule has 1 rings (SSSR count). The number of aryl methyl sites for hydroxylation is 1. The molecule has 0 aliphatic rings. The normalized spacial score (nSPS) is 10.1. The van der Waals surface area contributed by atoms with Gasteiger partial charge in [0.05, 0.1) is 10.0 Å². The van der Waals surface area contributed by atoms with Crippen molar-refractivity contribution in [3.63, 3.8) is 0 Å². The summed E-state index contributed by atoms with van der Waals surface area (Å²) in [5.74, 6) is 0. The molecule has 0 fully saturated rings. The van der Waals surface area contributed by atoms with Crippen LogP contribution in [0.25, 0.3) is 0 Å². The van der Waals surface area contributed by atoms with E-state index < -0.39 is 0 Å². The third-order valence-corrected chi connectivity index (χ3v) is 2.39. The average molecular weight is 202 g/mol. The van der Waals surface area contributed by atoms with Gasteiger partial charge in [0, 0.05) is 10.2 Å². The molecule has 0 saturated heterocycles. The Morgan fingerprint density at radius 2 is 1.91 bits per heavy atom. The standard InChI is InChI=1S/C8H7Cl2Si/c9-7-2-1-6(3-4-11)5-8(7)10/h1-2,5H,3-4H2. The Kier molecular flexibility index (Phi) is 3.43. The molecule has 0 unspecified atom stereocenters. The minimum absolute atomic E-state index is 0.615. The number of benzene rings is 1. The fourth-order valence-electron chi connectivity index (χ4n) is 0.839. The Labute approximate surface area is 79.9 Å². The highest BCUT2D eigenvalue weighted by Crippen LogP contribution is 2.22. The van der Waals surface area contributed by atoms with Crippen molar-refractivity contribution >= 4 is 33.4 Å². The lowest BCUT2D eigenvalue weighted by Crippen LogP contribution is -1.83. The van der Waals surface area contributed by atoms with Crippen LogP contribution in [0.3, 0.4) is 0 Å². The second-order valence-corrected chi connectivity index (χ2v) is 3.56. The predicted molar refractivity (Wildman–Crippen MR) is 50.7 cm³/mol. The van der Waals surface area contributed by atoms with Gasteiger partial charge in [0.25, 0.3) is 0 Å². The second kappa shape index (κ2) is 4.15. The first-order valence-electron chi connectivity index (χ1n) is 3.32. The Morgan fingerprint density at radius 1 is 1.18 bits per heavy atom. The lowest BCUT2D eigenvalue weighted by atomic mass is 10.2. The van der Waals surface area contributed by atoms with E-state index in [0.717, 1.165) is 12.5 Å². The fourth-order valence-corrected chi connectivity index (χ4v) is 1.45. The highest BCUT2D eigenvalue weighted by molar-refractivity contribution is 6.42. The first-order chi connectivity index (χ1) is 5.24. The van der Waals surface area contributed by atoms with E-state index in [9.17, 15) is 0 Å². The minimum atomic E-state index is 0.615. The van der Waals surface area contributed by atoms with Gasteiger partial charge in [-0.05, 0) is 24.1 Å². The average Bonchev–Trinajstić information content (AvgIpc) is 1.98. The van der Waals surface area contributed by atoms with E-state index in [0.29, 0.717) is 10.0 Å². The number of rotatable bonds is 2. The summed E-state index contributed by atoms with van der Waals surface area (Å²) >= 11 is 11.5. The van der Waals surface area contributed by atoms with Gasteiger partial charge in [0.15, 0.2) is 0 Å². The van der Waals surface area contributed by atoms with Crippen LogP contribution in [0.4, 0.5) is 0 Å². The van der Waals surface area contributed by atoms with Crippen LogP contribution in [0.5, 0.6) is 0 Å². The van der Waals surface area contributed by atoms with Crippen LogP contribution in [0.15, 0.2) is 18.2 Å². The van der Waals surface area contributed by atoms with Crippen LogP contribution in [-0.2, 0) is 6.42 Å². The zero-order valence-electron chi connectivity index (χ0n) is 5.90. The quantitative estimate of drug-likeness (QED) is 0.646. The first-order valence-corrected chi connectivity index (χ1v) is 4.79. The molecule has 11 heavy (non-hydrogen) atoms. The third kappa shape index (κ3) is 2.51. The van der Waals surface area contributed by atoms with Crippen molar-refractivity contribution in [1.82, 2.24) is 0 Å². The monoisotopic (exact) mass is 201 g/mol. The molecule has 57 valence electrons. The summed E-state index contributed by atoms with van der Waals surface area (Å²) in [4.78, 5) is 0. The maximum atomic E-state index is 5.80. The maximum absolute atomic E-state index is 5.80. The van der Waals surface area contributed by atoms with Gasteiger partial charge in [-0.2, -0.15) is 0 Å². The summed E-state index contributed by atoms with van der Waals surface area (Å²) in [5.41, 5.74) is 1.20. The predicted octanol–water partition coefficient (Wildman–Crippen LogP) is 3.12. The summed E-state index contributed by atoms with van der Waals surface area (Å²) in [7, 11) is 3.40. The van der Waals surface area contributed by atoms with Crippen molar-refractivity contribution in [1.29, 1.82) is 0 Å². The van der Waals surface area contributed by atoms with Gasteiger partial charge in [-0.3, -0.25) is 0 Å². The fraction of sp³-hybridized carbons (Fsp3) is 0.250. The van der Waals surface area contributed by atoms with Crippen LogP contribution in [0.2, 0.25) is 16.1 Å². The van der Waals surface area contributed by atoms with Crippen LogP contribution < -0.4 is 0 Å². The summed E-state index contributed by atoms with van der Waals surface area (Å²) in [6.45, 7) is 0. The number of hydrogen-bond acceptors (Lipinski definition) is 0. The summed E-state index contributed by atoms with van der Waals surface area (Å²) in [5, 5.41) is 1.24. The highest BCUT2D eigenvalue weighted by Gasteiger charge is 1.97. The molecule has 0 atom stereocenters. The molecule has 0 amide bonds. The van der Waals surface area contributed by atoms with Crippen molar-refractivity contribution < 1.29 is 0 Å². The topological polar surface area (TPSA) is 0 Å². The highest BCUT2D eigenvalue weighted by atomic mass is 35.5. The smallest absolute Gasteiger partial charge is 0.0595 e. The number of halogens is 2. The first kappa shape index (κ1) is 9.11. The molecule has 0 nitrogen and oxygen atoms in total. The second-order valence-electron chi connectivity index (χ2n) is 2.25. The van der Waals surface area contributed by atoms with Crippen LogP contribution >= 0.6 is 23.2 Å². The van der Waals surface area contributed by atoms with Gasteiger partial charge in [-0.15, -0.1) is 0 Å². The Balaban J connectivity index is 2.86. The molecule has 1 aromatic rings. The van der Waals surface area contributed by atoms with Crippen molar-refractivity contribution in [2.45, 2.75) is 12.5 Å². The Bertz CT molecular complexity index is 248. The van der Waals surface area contributed by atoms with Gasteiger partial charge in [-0.25, -0.2) is 0 Å². The van der Waals surface area contributed by atoms with E-state index in [2.05, 4.69) is 10.2 Å². The molecule has 0 spiro atoms. The Morgan fingerprint density at radius 3 is 2.45 bits per heavy atom. The number of hydrogen-bond donors (Lipinski definition) is 0. The van der Waals surface area contributed by atoms with Crippen LogP contribution in [0, 0.1) is 0 Å². The molecule has 0 saturated carbocycles. The lowest BCUT2D eigenvalue weighted by molar-refractivity contribution is 1.13. The molecular formula is C8H7Cl2Si. The van der Waals surface area contributed by atoms with Gasteiger partial charge < -0.3 is 0 Å². The molecule has 0 aliphatic carbocycles. The summed E-state index contributed by atoms with van der Waals surface area (Å²) in [6, 6.07) is 6.64. The summed E-state index contributed by atoms with van der Waals surface area (Å²) < 4.78 is 0. The zero-order chi connectivity index (χ0) is 8.27. The van der Waals surface area contributed by atoms with E-state index in [1.54, 1.807) is 0 Å². The molecule has 0 heterocycles. The van der Waals surface area contributed by atoms with E-state index in [1.165, 1.54) is 5.56 Å². The molecule has 0 aromatic heterocycles. The van der Waals surface area contributed by atoms with E-state index in [1.807, 2.05) is 18.2 Å². The maximum Gasteiger partial charge on any atom is 0.0595 e. The molecule has 3 heteroatoms. The van der Waals surface area contributed by atoms with Crippen LogP contribution in [0.1, 0.15) is 5.56 Å². The largest absolute Gasteiger partial charge is 0.0827 e. The van der Waals surface area contributed by atoms with Crippen molar-refractivity contribution in [2.75, 3.05) is 0 Å². The van der Waals surface area contributed by atoms with Crippen molar-refractivity contribution in [3.05, 3.63) is 33.8 Å². The van der Waals surface area contributed by atoms with Gasteiger partial charge in [0.2, 0.25) is 0 Å². The van der Waals surface area contributed by atoms with Crippen molar-refractivity contribution in [3.8, 4) is 0 Å². The minimum Gasteiger partial charge on any atom is -0.0827 e. The molecule has 0 bridgehead atoms. The molecule has 3 radical (unpaired) electrons. The van der Waals surface area contributed by atoms with Gasteiger partial charge >= 0.3 is 0 Å². The van der Waals surface area contributed by atoms with E-state index >= 15 is 0 Å². The van der Waals surface area contributed by atoms with Gasteiger partial charge in [-0.1, -0.05) is 35.3 Å². The lowest BCUT2D eigenvalue weighted by Gasteiger charge is -1.99. The van der Waals surface area contributed by atoms with E-state index in [4.69, 9.17) is 23.2 Å².